The summed E-state index contributed by atoms with van der Waals surface area (Å²) in [5.74, 6) is 0.388. The van der Waals surface area contributed by atoms with E-state index >= 15 is 0 Å². The molecule has 2 saturated heterocycles. The Bertz CT molecular complexity index is 747. The highest BCUT2D eigenvalue weighted by Gasteiger charge is 2.37. The fourth-order valence-corrected chi connectivity index (χ4v) is 3.48. The van der Waals surface area contributed by atoms with Gasteiger partial charge in [0.25, 0.3) is 5.91 Å². The molecule has 0 bridgehead atoms. The molecule has 0 saturated carbocycles. The van der Waals surface area contributed by atoms with Crippen LogP contribution < -0.4 is 4.90 Å². The van der Waals surface area contributed by atoms with Crippen molar-refractivity contribution in [3.8, 4) is 0 Å². The summed E-state index contributed by atoms with van der Waals surface area (Å²) >= 11 is 0. The summed E-state index contributed by atoms with van der Waals surface area (Å²) in [7, 11) is 0. The molecule has 4 rings (SSSR count). The molecule has 3 heterocycles. The standard InChI is InChI=1S/C18H21FN4O2/c1-13-10-17(20-25-13)18(24)23-11-16(12-23)22-8-6-21(7-9-22)15-4-2-14(19)3-5-15/h2-5,10,16H,6-9,11-12H2,1H3. The van der Waals surface area contributed by atoms with Crippen LogP contribution in [0.15, 0.2) is 34.9 Å². The van der Waals surface area contributed by atoms with Gasteiger partial charge in [-0.2, -0.15) is 0 Å². The first-order valence-electron chi connectivity index (χ1n) is 8.57. The van der Waals surface area contributed by atoms with Crippen molar-refractivity contribution in [2.45, 2.75) is 13.0 Å². The highest BCUT2D eigenvalue weighted by atomic mass is 19.1. The van der Waals surface area contributed by atoms with Gasteiger partial charge in [-0.1, -0.05) is 5.16 Å². The van der Waals surface area contributed by atoms with Gasteiger partial charge in [-0.15, -0.1) is 0 Å². The van der Waals surface area contributed by atoms with Crippen molar-refractivity contribution >= 4 is 11.6 Å². The number of aromatic nitrogens is 1. The zero-order valence-electron chi connectivity index (χ0n) is 14.2. The van der Waals surface area contributed by atoms with E-state index in [4.69, 9.17) is 4.52 Å². The van der Waals surface area contributed by atoms with Gasteiger partial charge < -0.3 is 14.3 Å². The van der Waals surface area contributed by atoms with Gasteiger partial charge in [-0.25, -0.2) is 4.39 Å². The number of likely N-dealkylation sites (tertiary alicyclic amines) is 1. The van der Waals surface area contributed by atoms with Gasteiger partial charge >= 0.3 is 0 Å². The monoisotopic (exact) mass is 344 g/mol. The topological polar surface area (TPSA) is 52.8 Å². The first kappa shape index (κ1) is 16.1. The number of piperazine rings is 1. The minimum absolute atomic E-state index is 0.0574. The molecule has 0 aliphatic carbocycles. The molecule has 0 unspecified atom stereocenters. The van der Waals surface area contributed by atoms with Gasteiger partial charge in [0.1, 0.15) is 11.6 Å². The molecule has 1 amide bonds. The van der Waals surface area contributed by atoms with Crippen LogP contribution in [0.4, 0.5) is 10.1 Å². The van der Waals surface area contributed by atoms with Gasteiger partial charge in [0.05, 0.1) is 0 Å². The maximum atomic E-state index is 13.0. The Kier molecular flexibility index (Phi) is 4.17. The Morgan fingerprint density at radius 1 is 1.16 bits per heavy atom. The molecular formula is C18H21FN4O2. The number of halogens is 1. The third-order valence-corrected chi connectivity index (χ3v) is 5.02. The summed E-state index contributed by atoms with van der Waals surface area (Å²) in [5.41, 5.74) is 1.45. The Balaban J connectivity index is 1.27. The molecule has 0 spiro atoms. The van der Waals surface area contributed by atoms with E-state index in [0.717, 1.165) is 45.0 Å². The number of rotatable bonds is 3. The van der Waals surface area contributed by atoms with Crippen molar-refractivity contribution in [2.24, 2.45) is 0 Å². The Morgan fingerprint density at radius 2 is 1.84 bits per heavy atom. The van der Waals surface area contributed by atoms with E-state index in [9.17, 15) is 9.18 Å². The molecule has 2 fully saturated rings. The average Bonchev–Trinajstić information content (AvgIpc) is 3.01. The van der Waals surface area contributed by atoms with Crippen molar-refractivity contribution < 1.29 is 13.7 Å². The number of anilines is 1. The second kappa shape index (κ2) is 6.48. The predicted molar refractivity (Wildman–Crippen MR) is 91.1 cm³/mol. The molecule has 1 aromatic heterocycles. The van der Waals surface area contributed by atoms with E-state index in [-0.39, 0.29) is 11.7 Å². The smallest absolute Gasteiger partial charge is 0.276 e. The molecule has 7 heteroatoms. The molecule has 2 aliphatic rings. The molecular weight excluding hydrogens is 323 g/mol. The number of amides is 1. The van der Waals surface area contributed by atoms with Crippen LogP contribution in [0, 0.1) is 12.7 Å². The highest BCUT2D eigenvalue weighted by Crippen LogP contribution is 2.22. The summed E-state index contributed by atoms with van der Waals surface area (Å²) in [6.07, 6.45) is 0. The largest absolute Gasteiger partial charge is 0.369 e. The van der Waals surface area contributed by atoms with Gasteiger partial charge in [-0.05, 0) is 31.2 Å². The fraction of sp³-hybridized carbons (Fsp3) is 0.444. The quantitative estimate of drug-likeness (QED) is 0.849. The molecule has 2 aliphatic heterocycles. The van der Waals surface area contributed by atoms with E-state index < -0.39 is 0 Å². The second-order valence-electron chi connectivity index (χ2n) is 6.69. The fourth-order valence-electron chi connectivity index (χ4n) is 3.48. The maximum absolute atomic E-state index is 13.0. The van der Waals surface area contributed by atoms with Crippen molar-refractivity contribution in [3.05, 3.63) is 47.6 Å². The number of carbonyl (C=O) groups excluding carboxylic acids is 1. The predicted octanol–water partition coefficient (Wildman–Crippen LogP) is 1.77. The number of benzene rings is 1. The lowest BCUT2D eigenvalue weighted by molar-refractivity contribution is 0.0239. The van der Waals surface area contributed by atoms with Crippen LogP contribution >= 0.6 is 0 Å². The molecule has 2 aromatic rings. The van der Waals surface area contributed by atoms with E-state index in [2.05, 4.69) is 15.0 Å². The van der Waals surface area contributed by atoms with Gasteiger partial charge in [-0.3, -0.25) is 9.69 Å². The summed E-state index contributed by atoms with van der Waals surface area (Å²) in [6.45, 7) is 6.99. The zero-order chi connectivity index (χ0) is 17.4. The molecule has 6 nitrogen and oxygen atoms in total. The molecule has 0 N–H and O–H groups in total. The SMILES string of the molecule is Cc1cc(C(=O)N2CC(N3CCN(c4ccc(F)cc4)CC3)C2)no1. The Hall–Kier alpha value is -2.41. The molecule has 1 aromatic carbocycles. The maximum Gasteiger partial charge on any atom is 0.276 e. The van der Waals surface area contributed by atoms with Crippen molar-refractivity contribution in [2.75, 3.05) is 44.2 Å². The van der Waals surface area contributed by atoms with Crippen LogP contribution in [0.2, 0.25) is 0 Å². The number of hydrogen-bond donors (Lipinski definition) is 0. The third-order valence-electron chi connectivity index (χ3n) is 5.02. The number of nitrogens with zero attached hydrogens (tertiary/aromatic N) is 4. The second-order valence-corrected chi connectivity index (χ2v) is 6.69. The van der Waals surface area contributed by atoms with Gasteiger partial charge in [0.15, 0.2) is 5.69 Å². The summed E-state index contributed by atoms with van der Waals surface area (Å²) in [6, 6.07) is 8.75. The minimum Gasteiger partial charge on any atom is -0.369 e. The van der Waals surface area contributed by atoms with Crippen LogP contribution in [-0.2, 0) is 0 Å². The lowest BCUT2D eigenvalue weighted by Crippen LogP contribution is -2.64. The Labute approximate surface area is 145 Å². The van der Waals surface area contributed by atoms with E-state index in [1.54, 1.807) is 13.0 Å². The van der Waals surface area contributed by atoms with Crippen LogP contribution in [0.1, 0.15) is 16.2 Å². The van der Waals surface area contributed by atoms with Crippen molar-refractivity contribution in [1.29, 1.82) is 0 Å². The lowest BCUT2D eigenvalue weighted by atomic mass is 10.0. The van der Waals surface area contributed by atoms with E-state index in [1.165, 1.54) is 12.1 Å². The number of hydrogen-bond acceptors (Lipinski definition) is 5. The first-order valence-corrected chi connectivity index (χ1v) is 8.57. The summed E-state index contributed by atoms with van der Waals surface area (Å²) < 4.78 is 18.0. The Morgan fingerprint density at radius 3 is 2.44 bits per heavy atom. The summed E-state index contributed by atoms with van der Waals surface area (Å²) in [4.78, 5) is 18.8. The van der Waals surface area contributed by atoms with Crippen LogP contribution in [0.3, 0.4) is 0 Å². The summed E-state index contributed by atoms with van der Waals surface area (Å²) in [5, 5.41) is 3.79. The van der Waals surface area contributed by atoms with Crippen molar-refractivity contribution in [1.82, 2.24) is 15.0 Å². The molecule has 0 atom stereocenters. The van der Waals surface area contributed by atoms with Crippen LogP contribution in [0.5, 0.6) is 0 Å². The lowest BCUT2D eigenvalue weighted by Gasteiger charge is -2.48. The number of carbonyl (C=O) groups is 1. The van der Waals surface area contributed by atoms with Crippen LogP contribution in [0.25, 0.3) is 0 Å². The third kappa shape index (κ3) is 3.24. The highest BCUT2D eigenvalue weighted by molar-refractivity contribution is 5.92. The average molecular weight is 344 g/mol. The van der Waals surface area contributed by atoms with Crippen LogP contribution in [-0.4, -0.2) is 66.2 Å². The van der Waals surface area contributed by atoms with E-state index in [1.807, 2.05) is 17.0 Å². The van der Waals surface area contributed by atoms with E-state index in [0.29, 0.717) is 17.5 Å². The molecule has 0 radical (unpaired) electrons. The zero-order valence-corrected chi connectivity index (χ0v) is 14.2. The molecule has 25 heavy (non-hydrogen) atoms. The normalized spacial score (nSPS) is 19.1. The number of aryl methyl sites for hydroxylation is 1. The minimum atomic E-state index is -0.205. The van der Waals surface area contributed by atoms with Crippen molar-refractivity contribution in [3.63, 3.8) is 0 Å². The van der Waals surface area contributed by atoms with Gasteiger partial charge in [0.2, 0.25) is 0 Å². The van der Waals surface area contributed by atoms with Gasteiger partial charge in [0, 0.05) is 57.1 Å². The first-order chi connectivity index (χ1) is 12.1. The molecule has 132 valence electrons.